The van der Waals surface area contributed by atoms with Crippen molar-refractivity contribution in [2.45, 2.75) is 38.6 Å². The van der Waals surface area contributed by atoms with E-state index in [0.717, 1.165) is 5.69 Å². The van der Waals surface area contributed by atoms with Crippen molar-refractivity contribution in [1.82, 2.24) is 10.6 Å². The zero-order chi connectivity index (χ0) is 15.4. The molecule has 112 valence electrons. The Morgan fingerprint density at radius 1 is 1.24 bits per heavy atom. The third-order valence-corrected chi connectivity index (χ3v) is 3.38. The van der Waals surface area contributed by atoms with E-state index in [-0.39, 0.29) is 24.7 Å². The molecule has 0 aromatic heterocycles. The van der Waals surface area contributed by atoms with Crippen LogP contribution < -0.4 is 16.0 Å². The van der Waals surface area contributed by atoms with Crippen LogP contribution in [0.4, 0.5) is 10.5 Å². The van der Waals surface area contributed by atoms with Crippen LogP contribution in [0, 0.1) is 0 Å². The molecular weight excluding hydrogens is 270 g/mol. The number of urea groups is 1. The Kier molecular flexibility index (Phi) is 4.57. The van der Waals surface area contributed by atoms with Crippen LogP contribution in [0.3, 0.4) is 0 Å². The summed E-state index contributed by atoms with van der Waals surface area (Å²) in [5.74, 6) is -0.116. The molecule has 1 aliphatic rings. The summed E-state index contributed by atoms with van der Waals surface area (Å²) in [5, 5.41) is 7.37. The van der Waals surface area contributed by atoms with Gasteiger partial charge in [-0.2, -0.15) is 0 Å². The molecule has 1 heterocycles. The number of imide groups is 1. The van der Waals surface area contributed by atoms with Crippen molar-refractivity contribution >= 4 is 23.5 Å². The smallest absolute Gasteiger partial charge is 0.322 e. The first-order valence-electron chi connectivity index (χ1n) is 6.97. The average Bonchev–Trinajstić information content (AvgIpc) is 2.75. The predicted molar refractivity (Wildman–Crippen MR) is 78.9 cm³/mol. The molecule has 0 radical (unpaired) electrons. The highest BCUT2D eigenvalue weighted by Gasteiger charge is 2.29. The van der Waals surface area contributed by atoms with E-state index < -0.39 is 12.1 Å². The second-order valence-corrected chi connectivity index (χ2v) is 5.38. The van der Waals surface area contributed by atoms with Gasteiger partial charge in [-0.15, -0.1) is 0 Å². The third kappa shape index (κ3) is 4.05. The summed E-state index contributed by atoms with van der Waals surface area (Å²) in [6.45, 7) is 4.21. The Morgan fingerprint density at radius 2 is 1.90 bits per heavy atom. The van der Waals surface area contributed by atoms with E-state index in [1.54, 1.807) is 0 Å². The molecule has 0 unspecified atom stereocenters. The van der Waals surface area contributed by atoms with Crippen LogP contribution in [0.5, 0.6) is 0 Å². The second-order valence-electron chi connectivity index (χ2n) is 5.38. The van der Waals surface area contributed by atoms with Crippen LogP contribution >= 0.6 is 0 Å². The minimum Gasteiger partial charge on any atom is -0.326 e. The minimum atomic E-state index is -0.619. The highest BCUT2D eigenvalue weighted by Crippen LogP contribution is 2.17. The van der Waals surface area contributed by atoms with Gasteiger partial charge in [-0.3, -0.25) is 14.9 Å². The molecular formula is C15H19N3O3. The first-order valence-corrected chi connectivity index (χ1v) is 6.97. The lowest BCUT2D eigenvalue weighted by Crippen LogP contribution is -2.30. The first kappa shape index (κ1) is 15.0. The fourth-order valence-electron chi connectivity index (χ4n) is 2.11. The zero-order valence-electron chi connectivity index (χ0n) is 12.1. The van der Waals surface area contributed by atoms with E-state index in [9.17, 15) is 14.4 Å². The fraction of sp³-hybridized carbons (Fsp3) is 0.400. The highest BCUT2D eigenvalue weighted by atomic mass is 16.2. The molecule has 1 fully saturated rings. The van der Waals surface area contributed by atoms with Gasteiger partial charge >= 0.3 is 6.03 Å². The lowest BCUT2D eigenvalue weighted by Gasteiger charge is -2.09. The molecule has 0 aliphatic carbocycles. The van der Waals surface area contributed by atoms with Crippen molar-refractivity contribution in [3.8, 4) is 0 Å². The Balaban J connectivity index is 1.82. The number of carbonyl (C=O) groups excluding carboxylic acids is 3. The maximum atomic E-state index is 11.8. The van der Waals surface area contributed by atoms with Crippen LogP contribution in [0.2, 0.25) is 0 Å². The lowest BCUT2D eigenvalue weighted by molar-refractivity contribution is -0.120. The van der Waals surface area contributed by atoms with Gasteiger partial charge in [0.2, 0.25) is 5.91 Å². The molecule has 6 heteroatoms. The Hall–Kier alpha value is -2.37. The van der Waals surface area contributed by atoms with Crippen LogP contribution in [0.1, 0.15) is 38.2 Å². The van der Waals surface area contributed by atoms with E-state index >= 15 is 0 Å². The molecule has 21 heavy (non-hydrogen) atoms. The maximum Gasteiger partial charge on any atom is 0.322 e. The Bertz CT molecular complexity index is 552. The molecule has 1 atom stereocenters. The van der Waals surface area contributed by atoms with Crippen LogP contribution in [-0.4, -0.2) is 23.9 Å². The van der Waals surface area contributed by atoms with E-state index in [0.29, 0.717) is 5.92 Å². The molecule has 1 saturated heterocycles. The second kappa shape index (κ2) is 6.39. The molecule has 6 nitrogen and oxygen atoms in total. The molecule has 0 saturated carbocycles. The van der Waals surface area contributed by atoms with Gasteiger partial charge in [-0.1, -0.05) is 26.0 Å². The van der Waals surface area contributed by atoms with Gasteiger partial charge in [0.25, 0.3) is 5.91 Å². The van der Waals surface area contributed by atoms with Crippen molar-refractivity contribution < 1.29 is 14.4 Å². The molecule has 2 rings (SSSR count). The van der Waals surface area contributed by atoms with Gasteiger partial charge in [0.05, 0.1) is 0 Å². The molecule has 3 N–H and O–H groups in total. The van der Waals surface area contributed by atoms with E-state index in [4.69, 9.17) is 0 Å². The van der Waals surface area contributed by atoms with Gasteiger partial charge in [0.1, 0.15) is 6.04 Å². The number of rotatable bonds is 5. The number of amides is 4. The summed E-state index contributed by atoms with van der Waals surface area (Å²) < 4.78 is 0. The van der Waals surface area contributed by atoms with E-state index in [2.05, 4.69) is 29.8 Å². The number of carbonyl (C=O) groups is 3. The van der Waals surface area contributed by atoms with E-state index in [1.165, 1.54) is 5.56 Å². The van der Waals surface area contributed by atoms with Gasteiger partial charge in [0, 0.05) is 12.1 Å². The number of hydrogen-bond donors (Lipinski definition) is 3. The summed E-state index contributed by atoms with van der Waals surface area (Å²) in [7, 11) is 0. The number of benzene rings is 1. The largest absolute Gasteiger partial charge is 0.326 e. The molecule has 1 aromatic rings. The molecule has 0 spiro atoms. The van der Waals surface area contributed by atoms with Gasteiger partial charge < -0.3 is 10.6 Å². The van der Waals surface area contributed by atoms with Crippen molar-refractivity contribution in [3.63, 3.8) is 0 Å². The average molecular weight is 289 g/mol. The van der Waals surface area contributed by atoms with Crippen molar-refractivity contribution in [1.29, 1.82) is 0 Å². The zero-order valence-corrected chi connectivity index (χ0v) is 12.1. The van der Waals surface area contributed by atoms with Gasteiger partial charge in [-0.05, 0) is 30.0 Å². The summed E-state index contributed by atoms with van der Waals surface area (Å²) in [5.41, 5.74) is 1.93. The summed E-state index contributed by atoms with van der Waals surface area (Å²) in [6, 6.07) is 6.55. The summed E-state index contributed by atoms with van der Waals surface area (Å²) >= 11 is 0. The molecule has 1 aliphatic heterocycles. The van der Waals surface area contributed by atoms with Crippen LogP contribution in [0.15, 0.2) is 24.3 Å². The maximum absolute atomic E-state index is 11.8. The summed E-state index contributed by atoms with van der Waals surface area (Å²) in [6.07, 6.45) is 0.456. The normalized spacial score (nSPS) is 17.6. The van der Waals surface area contributed by atoms with Crippen molar-refractivity contribution in [2.75, 3.05) is 5.32 Å². The monoisotopic (exact) mass is 289 g/mol. The van der Waals surface area contributed by atoms with Crippen molar-refractivity contribution in [2.24, 2.45) is 0 Å². The quantitative estimate of drug-likeness (QED) is 0.721. The Labute approximate surface area is 123 Å². The Morgan fingerprint density at radius 3 is 2.43 bits per heavy atom. The molecule has 4 amide bonds. The SMILES string of the molecule is CC(C)c1ccc(NC(=O)CC[C@H]2NC(=O)NC2=O)cc1. The van der Waals surface area contributed by atoms with Gasteiger partial charge in [0.15, 0.2) is 0 Å². The van der Waals surface area contributed by atoms with Crippen LogP contribution in [-0.2, 0) is 9.59 Å². The highest BCUT2D eigenvalue weighted by molar-refractivity contribution is 6.04. The number of nitrogens with one attached hydrogen (secondary N) is 3. The third-order valence-electron chi connectivity index (χ3n) is 3.38. The number of anilines is 1. The number of hydrogen-bond acceptors (Lipinski definition) is 3. The first-order chi connectivity index (χ1) is 9.95. The lowest BCUT2D eigenvalue weighted by atomic mass is 10.0. The molecule has 0 bridgehead atoms. The topological polar surface area (TPSA) is 87.3 Å². The predicted octanol–water partition coefficient (Wildman–Crippen LogP) is 1.74. The molecule has 1 aromatic carbocycles. The fourth-order valence-corrected chi connectivity index (χ4v) is 2.11. The van der Waals surface area contributed by atoms with E-state index in [1.807, 2.05) is 24.3 Å². The van der Waals surface area contributed by atoms with Gasteiger partial charge in [-0.25, -0.2) is 4.79 Å². The van der Waals surface area contributed by atoms with Crippen molar-refractivity contribution in [3.05, 3.63) is 29.8 Å². The van der Waals surface area contributed by atoms with Crippen LogP contribution in [0.25, 0.3) is 0 Å². The minimum absolute atomic E-state index is 0.171. The summed E-state index contributed by atoms with van der Waals surface area (Å²) in [4.78, 5) is 34.1. The standard InChI is InChI=1S/C15H19N3O3/c1-9(2)10-3-5-11(6-4-10)16-13(19)8-7-12-14(20)18-15(21)17-12/h3-6,9,12H,7-8H2,1-2H3,(H,16,19)(H2,17,18,20,21)/t12-/m1/s1.